The molecule has 0 amide bonds. The van der Waals surface area contributed by atoms with Crippen LogP contribution in [0.15, 0.2) is 18.2 Å². The minimum atomic E-state index is -0.443. The summed E-state index contributed by atoms with van der Waals surface area (Å²) in [5, 5.41) is 9.67. The Balaban J connectivity index is 2.01. The fourth-order valence-corrected chi connectivity index (χ4v) is 1.63. The Morgan fingerprint density at radius 1 is 1.47 bits per heavy atom. The molecule has 0 radical (unpaired) electrons. The van der Waals surface area contributed by atoms with Gasteiger partial charge in [-0.05, 0) is 43.4 Å². The monoisotopic (exact) mass is 210 g/mol. The molecule has 2 nitrogen and oxygen atoms in total. The lowest BCUT2D eigenvalue weighted by Crippen LogP contribution is -2.07. The molecule has 1 saturated carbocycles. The summed E-state index contributed by atoms with van der Waals surface area (Å²) in [6, 6.07) is 4.84. The first-order chi connectivity index (χ1) is 7.13. The number of rotatable bonds is 4. The van der Waals surface area contributed by atoms with E-state index in [2.05, 4.69) is 0 Å². The summed E-state index contributed by atoms with van der Waals surface area (Å²) in [6.07, 6.45) is 3.31. The Morgan fingerprint density at radius 3 is 2.80 bits per heavy atom. The molecular formula is C12H15FO2. The van der Waals surface area contributed by atoms with Crippen molar-refractivity contribution in [3.8, 4) is 5.75 Å². The number of hydrogen-bond acceptors (Lipinski definition) is 2. The predicted octanol–water partition coefficient (Wildman–Crippen LogP) is 2.29. The highest BCUT2D eigenvalue weighted by Gasteiger charge is 2.39. The quantitative estimate of drug-likeness (QED) is 0.826. The van der Waals surface area contributed by atoms with Gasteiger partial charge in [-0.1, -0.05) is 6.07 Å². The van der Waals surface area contributed by atoms with Crippen molar-refractivity contribution >= 4 is 0 Å². The first-order valence-electron chi connectivity index (χ1n) is 5.18. The summed E-state index contributed by atoms with van der Waals surface area (Å²) in [5.41, 5.74) is 0.565. The Labute approximate surface area is 88.7 Å². The van der Waals surface area contributed by atoms with Gasteiger partial charge in [-0.25, -0.2) is 4.39 Å². The van der Waals surface area contributed by atoms with Crippen LogP contribution >= 0.6 is 0 Å². The third kappa shape index (κ3) is 2.48. The van der Waals surface area contributed by atoms with E-state index in [1.807, 2.05) is 0 Å². The van der Waals surface area contributed by atoms with Crippen LogP contribution in [0.4, 0.5) is 4.39 Å². The van der Waals surface area contributed by atoms with Crippen molar-refractivity contribution in [3.05, 3.63) is 29.6 Å². The van der Waals surface area contributed by atoms with E-state index >= 15 is 0 Å². The van der Waals surface area contributed by atoms with E-state index in [-0.39, 0.29) is 11.6 Å². The van der Waals surface area contributed by atoms with E-state index in [1.165, 1.54) is 13.2 Å². The highest BCUT2D eigenvalue weighted by molar-refractivity contribution is 5.30. The number of methoxy groups -OCH3 is 1. The minimum absolute atomic E-state index is 0.273. The molecule has 1 aromatic carbocycles. The number of halogens is 1. The molecule has 0 unspecified atom stereocenters. The predicted molar refractivity (Wildman–Crippen MR) is 55.5 cm³/mol. The third-order valence-electron chi connectivity index (χ3n) is 2.92. The van der Waals surface area contributed by atoms with Crippen LogP contribution in [0.2, 0.25) is 0 Å². The van der Waals surface area contributed by atoms with Gasteiger partial charge in [-0.2, -0.15) is 0 Å². The van der Waals surface area contributed by atoms with Gasteiger partial charge in [0.15, 0.2) is 11.6 Å². The topological polar surface area (TPSA) is 29.5 Å². The van der Waals surface area contributed by atoms with Crippen LogP contribution in [0.5, 0.6) is 5.75 Å². The average molecular weight is 210 g/mol. The smallest absolute Gasteiger partial charge is 0.165 e. The van der Waals surface area contributed by atoms with Gasteiger partial charge < -0.3 is 9.84 Å². The summed E-state index contributed by atoms with van der Waals surface area (Å²) in [4.78, 5) is 0. The van der Waals surface area contributed by atoms with Gasteiger partial charge in [-0.3, -0.25) is 0 Å². The number of aliphatic hydroxyl groups is 1. The van der Waals surface area contributed by atoms with Gasteiger partial charge in [-0.15, -0.1) is 0 Å². The van der Waals surface area contributed by atoms with Crippen LogP contribution in [0, 0.1) is 5.82 Å². The molecule has 0 aliphatic heterocycles. The van der Waals surface area contributed by atoms with Gasteiger partial charge in [0.25, 0.3) is 0 Å². The van der Waals surface area contributed by atoms with Crippen LogP contribution in [0.1, 0.15) is 24.8 Å². The van der Waals surface area contributed by atoms with Crippen molar-refractivity contribution in [2.45, 2.75) is 31.3 Å². The second-order valence-corrected chi connectivity index (χ2v) is 4.19. The number of hydrogen-bond donors (Lipinski definition) is 1. The Kier molecular flexibility index (Phi) is 2.65. The number of benzene rings is 1. The molecule has 0 saturated heterocycles. The van der Waals surface area contributed by atoms with Gasteiger partial charge in [0.05, 0.1) is 12.7 Å². The van der Waals surface area contributed by atoms with E-state index in [0.29, 0.717) is 0 Å². The Hall–Kier alpha value is -1.09. The molecule has 3 heteroatoms. The zero-order chi connectivity index (χ0) is 10.9. The number of aryl methyl sites for hydroxylation is 1. The molecule has 1 N–H and O–H groups in total. The molecular weight excluding hydrogens is 195 g/mol. The summed E-state index contributed by atoms with van der Waals surface area (Å²) >= 11 is 0. The van der Waals surface area contributed by atoms with Gasteiger partial charge in [0.2, 0.25) is 0 Å². The maximum absolute atomic E-state index is 13.1. The van der Waals surface area contributed by atoms with Gasteiger partial charge >= 0.3 is 0 Å². The average Bonchev–Trinajstić information content (AvgIpc) is 2.96. The van der Waals surface area contributed by atoms with Crippen LogP contribution < -0.4 is 4.74 Å². The summed E-state index contributed by atoms with van der Waals surface area (Å²) in [6.45, 7) is 0. The lowest BCUT2D eigenvalue weighted by atomic mass is 10.1. The second-order valence-electron chi connectivity index (χ2n) is 4.19. The zero-order valence-electron chi connectivity index (χ0n) is 8.79. The first-order valence-corrected chi connectivity index (χ1v) is 5.18. The van der Waals surface area contributed by atoms with Crippen molar-refractivity contribution in [2.75, 3.05) is 7.11 Å². The molecule has 0 aromatic heterocycles. The SMILES string of the molecule is COc1cc(CCC2(O)CC2)ccc1F. The van der Waals surface area contributed by atoms with Crippen molar-refractivity contribution in [3.63, 3.8) is 0 Å². The zero-order valence-corrected chi connectivity index (χ0v) is 8.79. The molecule has 1 fully saturated rings. The molecule has 82 valence electrons. The summed E-state index contributed by atoms with van der Waals surface area (Å²) in [7, 11) is 1.45. The minimum Gasteiger partial charge on any atom is -0.494 e. The third-order valence-corrected chi connectivity index (χ3v) is 2.92. The highest BCUT2D eigenvalue weighted by atomic mass is 19.1. The van der Waals surface area contributed by atoms with E-state index in [1.54, 1.807) is 12.1 Å². The molecule has 1 aliphatic rings. The van der Waals surface area contributed by atoms with E-state index < -0.39 is 5.60 Å². The fourth-order valence-electron chi connectivity index (χ4n) is 1.63. The van der Waals surface area contributed by atoms with Crippen molar-refractivity contribution in [1.82, 2.24) is 0 Å². The molecule has 0 bridgehead atoms. The normalized spacial score (nSPS) is 17.5. The van der Waals surface area contributed by atoms with Crippen molar-refractivity contribution in [1.29, 1.82) is 0 Å². The van der Waals surface area contributed by atoms with Crippen LogP contribution in [0.25, 0.3) is 0 Å². The van der Waals surface area contributed by atoms with E-state index in [0.717, 1.165) is 31.2 Å². The highest BCUT2D eigenvalue weighted by Crippen LogP contribution is 2.39. The van der Waals surface area contributed by atoms with Crippen LogP contribution in [-0.4, -0.2) is 17.8 Å². The van der Waals surface area contributed by atoms with Crippen LogP contribution in [-0.2, 0) is 6.42 Å². The standard InChI is InChI=1S/C12H15FO2/c1-15-11-8-9(2-3-10(11)13)4-5-12(14)6-7-12/h2-3,8,14H,4-7H2,1H3. The number of ether oxygens (including phenoxy) is 1. The fraction of sp³-hybridized carbons (Fsp3) is 0.500. The van der Waals surface area contributed by atoms with Crippen LogP contribution in [0.3, 0.4) is 0 Å². The molecule has 15 heavy (non-hydrogen) atoms. The Morgan fingerprint density at radius 2 is 2.20 bits per heavy atom. The molecule has 1 aromatic rings. The molecule has 0 spiro atoms. The molecule has 1 aliphatic carbocycles. The van der Waals surface area contributed by atoms with E-state index in [4.69, 9.17) is 4.74 Å². The lowest BCUT2D eigenvalue weighted by Gasteiger charge is -2.08. The molecule has 2 rings (SSSR count). The van der Waals surface area contributed by atoms with Gasteiger partial charge in [0.1, 0.15) is 0 Å². The molecule has 0 atom stereocenters. The van der Waals surface area contributed by atoms with E-state index in [9.17, 15) is 9.50 Å². The summed E-state index contributed by atoms with van der Waals surface area (Å²) in [5.74, 6) is -0.0679. The second kappa shape index (κ2) is 3.81. The lowest BCUT2D eigenvalue weighted by molar-refractivity contribution is 0.140. The van der Waals surface area contributed by atoms with Crippen molar-refractivity contribution < 1.29 is 14.2 Å². The van der Waals surface area contributed by atoms with Gasteiger partial charge in [0, 0.05) is 0 Å². The summed E-state index contributed by atoms with van der Waals surface area (Å²) < 4.78 is 18.0. The maximum Gasteiger partial charge on any atom is 0.165 e. The maximum atomic E-state index is 13.1. The van der Waals surface area contributed by atoms with Crippen molar-refractivity contribution in [2.24, 2.45) is 0 Å². The first kappa shape index (κ1) is 10.4. The molecule has 0 heterocycles. The Bertz CT molecular complexity index is 359. The largest absolute Gasteiger partial charge is 0.494 e.